The maximum Gasteiger partial charge on any atom is 0.0995 e. The molecule has 0 saturated carbocycles. The molecule has 2 aromatic carbocycles. The number of benzene rings is 2. The van der Waals surface area contributed by atoms with Gasteiger partial charge in [-0.1, -0.05) is 30.3 Å². The predicted octanol–water partition coefficient (Wildman–Crippen LogP) is 3.02. The van der Waals surface area contributed by atoms with Crippen molar-refractivity contribution < 1.29 is 0 Å². The Morgan fingerprint density at radius 3 is 2.60 bits per heavy atom. The molecule has 2 N–H and O–H groups in total. The van der Waals surface area contributed by atoms with E-state index in [1.807, 2.05) is 30.3 Å². The van der Waals surface area contributed by atoms with Crippen molar-refractivity contribution in [1.29, 1.82) is 5.26 Å². The monoisotopic (exact) mass is 261 g/mol. The highest BCUT2D eigenvalue weighted by molar-refractivity contribution is 5.83. The molecule has 3 rings (SSSR count). The van der Waals surface area contributed by atoms with Crippen LogP contribution < -0.4 is 5.73 Å². The fourth-order valence-electron chi connectivity index (χ4n) is 2.55. The summed E-state index contributed by atoms with van der Waals surface area (Å²) in [5.74, 6) is 0. The molecule has 1 heterocycles. The van der Waals surface area contributed by atoms with Crippen LogP contribution in [-0.4, -0.2) is 4.57 Å². The molecule has 3 aromatic rings. The van der Waals surface area contributed by atoms with Gasteiger partial charge in [0.15, 0.2) is 0 Å². The number of nitrogens with zero attached hydrogens (tertiary/aromatic N) is 2. The molecule has 0 atom stereocenters. The third kappa shape index (κ3) is 2.07. The van der Waals surface area contributed by atoms with Gasteiger partial charge in [-0.3, -0.25) is 0 Å². The van der Waals surface area contributed by atoms with Crippen LogP contribution in [0.2, 0.25) is 0 Å². The summed E-state index contributed by atoms with van der Waals surface area (Å²) in [6, 6.07) is 18.2. The third-order valence-electron chi connectivity index (χ3n) is 3.60. The van der Waals surface area contributed by atoms with E-state index in [0.717, 1.165) is 22.2 Å². The van der Waals surface area contributed by atoms with E-state index >= 15 is 0 Å². The molecule has 98 valence electrons. The summed E-state index contributed by atoms with van der Waals surface area (Å²) in [6.07, 6.45) is 2.05. The molecule has 0 spiro atoms. The summed E-state index contributed by atoms with van der Waals surface area (Å²) in [5.41, 5.74) is 9.83. The lowest BCUT2D eigenvalue weighted by Crippen LogP contribution is -2.01. The number of rotatable bonds is 3. The molecule has 0 saturated heterocycles. The molecule has 3 heteroatoms. The topological polar surface area (TPSA) is 54.7 Å². The van der Waals surface area contributed by atoms with Gasteiger partial charge in [-0.2, -0.15) is 5.26 Å². The Kier molecular flexibility index (Phi) is 3.24. The quantitative estimate of drug-likeness (QED) is 0.788. The Morgan fingerprint density at radius 1 is 1.00 bits per heavy atom. The SMILES string of the molecule is N#Cc1ccccc1Cn1ccc2c(CN)cccc21. The van der Waals surface area contributed by atoms with E-state index in [2.05, 4.69) is 35.0 Å². The average molecular weight is 261 g/mol. The summed E-state index contributed by atoms with van der Waals surface area (Å²) in [5, 5.41) is 10.4. The van der Waals surface area contributed by atoms with Crippen LogP contribution in [0.4, 0.5) is 0 Å². The second-order valence-electron chi connectivity index (χ2n) is 4.77. The van der Waals surface area contributed by atoms with Crippen LogP contribution in [0, 0.1) is 11.3 Å². The fraction of sp³-hybridized carbons (Fsp3) is 0.118. The van der Waals surface area contributed by atoms with Gasteiger partial charge in [-0.25, -0.2) is 0 Å². The van der Waals surface area contributed by atoms with Crippen molar-refractivity contribution in [2.75, 3.05) is 0 Å². The first kappa shape index (κ1) is 12.5. The van der Waals surface area contributed by atoms with Gasteiger partial charge in [0.2, 0.25) is 0 Å². The van der Waals surface area contributed by atoms with Gasteiger partial charge < -0.3 is 10.3 Å². The summed E-state index contributed by atoms with van der Waals surface area (Å²) in [7, 11) is 0. The molecule has 0 amide bonds. The van der Waals surface area contributed by atoms with Gasteiger partial charge in [0.1, 0.15) is 0 Å². The van der Waals surface area contributed by atoms with E-state index < -0.39 is 0 Å². The minimum atomic E-state index is 0.538. The van der Waals surface area contributed by atoms with Crippen molar-refractivity contribution in [2.45, 2.75) is 13.1 Å². The number of nitriles is 1. The molecule has 0 bridgehead atoms. The minimum Gasteiger partial charge on any atom is -0.343 e. The van der Waals surface area contributed by atoms with Crippen LogP contribution in [0.15, 0.2) is 54.7 Å². The zero-order valence-electron chi connectivity index (χ0n) is 11.1. The first-order valence-electron chi connectivity index (χ1n) is 6.58. The number of hydrogen-bond donors (Lipinski definition) is 1. The minimum absolute atomic E-state index is 0.538. The lowest BCUT2D eigenvalue weighted by molar-refractivity contribution is 0.834. The third-order valence-corrected chi connectivity index (χ3v) is 3.60. The first-order chi connectivity index (χ1) is 9.83. The lowest BCUT2D eigenvalue weighted by atomic mass is 10.1. The van der Waals surface area contributed by atoms with E-state index in [0.29, 0.717) is 13.1 Å². The molecule has 3 nitrogen and oxygen atoms in total. The molecule has 0 aliphatic heterocycles. The van der Waals surface area contributed by atoms with Gasteiger partial charge >= 0.3 is 0 Å². The standard InChI is InChI=1S/C17H15N3/c18-10-13-4-1-2-5-15(13)12-20-9-8-16-14(11-19)6-3-7-17(16)20/h1-9H,11-12,19H2. The molecule has 20 heavy (non-hydrogen) atoms. The summed E-state index contributed by atoms with van der Waals surface area (Å²) >= 11 is 0. The van der Waals surface area contributed by atoms with Gasteiger partial charge in [0, 0.05) is 30.2 Å². The van der Waals surface area contributed by atoms with Crippen LogP contribution in [0.1, 0.15) is 16.7 Å². The van der Waals surface area contributed by atoms with Crippen molar-refractivity contribution >= 4 is 10.9 Å². The lowest BCUT2D eigenvalue weighted by Gasteiger charge is -2.08. The van der Waals surface area contributed by atoms with E-state index in [9.17, 15) is 0 Å². The van der Waals surface area contributed by atoms with Crippen LogP contribution in [0.5, 0.6) is 0 Å². The van der Waals surface area contributed by atoms with E-state index in [1.165, 1.54) is 5.39 Å². The van der Waals surface area contributed by atoms with Crippen molar-refractivity contribution in [2.24, 2.45) is 5.73 Å². The van der Waals surface area contributed by atoms with Gasteiger partial charge in [-0.15, -0.1) is 0 Å². The zero-order valence-corrected chi connectivity index (χ0v) is 11.1. The first-order valence-corrected chi connectivity index (χ1v) is 6.58. The molecule has 0 fully saturated rings. The van der Waals surface area contributed by atoms with Crippen molar-refractivity contribution in [3.05, 3.63) is 71.4 Å². The van der Waals surface area contributed by atoms with Gasteiger partial charge in [-0.05, 0) is 29.3 Å². The van der Waals surface area contributed by atoms with Gasteiger partial charge in [0.05, 0.1) is 11.6 Å². The highest BCUT2D eigenvalue weighted by Crippen LogP contribution is 2.21. The molecule has 0 unspecified atom stereocenters. The predicted molar refractivity (Wildman–Crippen MR) is 80.1 cm³/mol. The Bertz CT molecular complexity index is 793. The molecule has 1 aromatic heterocycles. The average Bonchev–Trinajstić information content (AvgIpc) is 2.91. The molecular formula is C17H15N3. The fourth-order valence-corrected chi connectivity index (χ4v) is 2.55. The molecule has 0 aliphatic carbocycles. The highest BCUT2D eigenvalue weighted by Gasteiger charge is 2.07. The summed E-state index contributed by atoms with van der Waals surface area (Å²) in [6.45, 7) is 1.23. The van der Waals surface area contributed by atoms with Crippen LogP contribution in [-0.2, 0) is 13.1 Å². The molecule has 0 aliphatic rings. The van der Waals surface area contributed by atoms with Crippen LogP contribution >= 0.6 is 0 Å². The molecular weight excluding hydrogens is 246 g/mol. The normalized spacial score (nSPS) is 10.6. The maximum absolute atomic E-state index is 9.17. The Balaban J connectivity index is 2.06. The number of fused-ring (bicyclic) bond motifs is 1. The molecule has 0 radical (unpaired) electrons. The second kappa shape index (κ2) is 5.20. The van der Waals surface area contributed by atoms with Crippen LogP contribution in [0.25, 0.3) is 10.9 Å². The zero-order chi connectivity index (χ0) is 13.9. The van der Waals surface area contributed by atoms with Crippen molar-refractivity contribution in [3.8, 4) is 6.07 Å². The summed E-state index contributed by atoms with van der Waals surface area (Å²) in [4.78, 5) is 0. The highest BCUT2D eigenvalue weighted by atomic mass is 14.9. The maximum atomic E-state index is 9.17. The Hall–Kier alpha value is -2.57. The van der Waals surface area contributed by atoms with E-state index in [4.69, 9.17) is 11.0 Å². The summed E-state index contributed by atoms with van der Waals surface area (Å²) < 4.78 is 2.16. The second-order valence-corrected chi connectivity index (χ2v) is 4.77. The smallest absolute Gasteiger partial charge is 0.0995 e. The van der Waals surface area contributed by atoms with Crippen molar-refractivity contribution in [1.82, 2.24) is 4.57 Å². The Morgan fingerprint density at radius 2 is 1.80 bits per heavy atom. The van der Waals surface area contributed by atoms with Crippen molar-refractivity contribution in [3.63, 3.8) is 0 Å². The van der Waals surface area contributed by atoms with E-state index in [1.54, 1.807) is 0 Å². The number of nitrogens with two attached hydrogens (primary N) is 1. The number of aromatic nitrogens is 1. The van der Waals surface area contributed by atoms with Gasteiger partial charge in [0.25, 0.3) is 0 Å². The van der Waals surface area contributed by atoms with Crippen LogP contribution in [0.3, 0.4) is 0 Å². The van der Waals surface area contributed by atoms with E-state index in [-0.39, 0.29) is 0 Å². The number of hydrogen-bond acceptors (Lipinski definition) is 2. The Labute approximate surface area is 117 Å². The largest absolute Gasteiger partial charge is 0.343 e.